The lowest BCUT2D eigenvalue weighted by Gasteiger charge is -2.08. The maximum absolute atomic E-state index is 11.1. The largest absolute Gasteiger partial charge is 0.439 e. The second-order valence-electron chi connectivity index (χ2n) is 7.05. The molecule has 1 amide bonds. The molecule has 4 aromatic rings. The van der Waals surface area contributed by atoms with Gasteiger partial charge in [0.2, 0.25) is 11.8 Å². The number of nitrogens with one attached hydrogen (secondary N) is 2. The zero-order valence-electron chi connectivity index (χ0n) is 16.9. The van der Waals surface area contributed by atoms with Crippen molar-refractivity contribution in [2.45, 2.75) is 13.0 Å². The minimum atomic E-state index is -0.513. The molecule has 0 aliphatic rings. The highest BCUT2D eigenvalue weighted by Gasteiger charge is 2.07. The van der Waals surface area contributed by atoms with Crippen LogP contribution in [0.3, 0.4) is 0 Å². The van der Waals surface area contributed by atoms with Gasteiger partial charge in [0.25, 0.3) is 0 Å². The zero-order chi connectivity index (χ0) is 21.5. The number of hydrogen-bond donors (Lipinski definition) is 3. The molecule has 4 rings (SSSR count). The monoisotopic (exact) mass is 413 g/mol. The van der Waals surface area contributed by atoms with E-state index < -0.39 is 5.91 Å². The number of pyridine rings is 1. The predicted molar refractivity (Wildman–Crippen MR) is 119 cm³/mol. The molecule has 0 spiro atoms. The minimum Gasteiger partial charge on any atom is -0.439 e. The van der Waals surface area contributed by atoms with E-state index in [9.17, 15) is 4.79 Å². The number of carbonyl (C=O) groups is 1. The molecule has 0 bridgehead atoms. The van der Waals surface area contributed by atoms with E-state index >= 15 is 0 Å². The first-order chi connectivity index (χ1) is 15.2. The quantitative estimate of drug-likeness (QED) is 0.363. The van der Waals surface area contributed by atoms with Crippen LogP contribution < -0.4 is 15.8 Å². The van der Waals surface area contributed by atoms with Gasteiger partial charge in [-0.15, -0.1) is 0 Å². The summed E-state index contributed by atoms with van der Waals surface area (Å²) in [6.07, 6.45) is 4.23. The number of aromatic amines is 1. The van der Waals surface area contributed by atoms with Crippen molar-refractivity contribution in [3.05, 3.63) is 95.8 Å². The van der Waals surface area contributed by atoms with Crippen LogP contribution in [0.25, 0.3) is 11.3 Å². The smallest absolute Gasteiger partial charge is 0.250 e. The molecule has 2 heterocycles. The van der Waals surface area contributed by atoms with Crippen LogP contribution >= 0.6 is 0 Å². The lowest BCUT2D eigenvalue weighted by Crippen LogP contribution is -2.16. The summed E-state index contributed by atoms with van der Waals surface area (Å²) >= 11 is 0. The fraction of sp³-hybridized carbons (Fsp3) is 0.125. The molecule has 0 aliphatic heterocycles. The Hall–Kier alpha value is -3.97. The van der Waals surface area contributed by atoms with Gasteiger partial charge in [-0.3, -0.25) is 9.89 Å². The summed E-state index contributed by atoms with van der Waals surface area (Å²) < 4.78 is 5.71. The van der Waals surface area contributed by atoms with E-state index in [0.29, 0.717) is 17.2 Å². The maximum atomic E-state index is 11.1. The lowest BCUT2D eigenvalue weighted by atomic mass is 10.1. The summed E-state index contributed by atoms with van der Waals surface area (Å²) in [6, 6.07) is 21.2. The van der Waals surface area contributed by atoms with Crippen LogP contribution in [0.15, 0.2) is 79.1 Å². The molecule has 7 heteroatoms. The molecular formula is C24H23N5O2. The van der Waals surface area contributed by atoms with Gasteiger partial charge in [0.15, 0.2) is 0 Å². The van der Waals surface area contributed by atoms with Gasteiger partial charge < -0.3 is 15.8 Å². The fourth-order valence-electron chi connectivity index (χ4n) is 3.18. The summed E-state index contributed by atoms with van der Waals surface area (Å²) in [5, 5.41) is 10.8. The molecular weight excluding hydrogens is 390 g/mol. The van der Waals surface area contributed by atoms with E-state index in [1.54, 1.807) is 12.1 Å². The number of ether oxygens (including phenoxy) is 1. The number of nitrogens with two attached hydrogens (primary N) is 1. The number of primary amides is 1. The molecule has 0 radical (unpaired) electrons. The highest BCUT2D eigenvalue weighted by Crippen LogP contribution is 2.21. The van der Waals surface area contributed by atoms with Crippen molar-refractivity contribution in [1.82, 2.24) is 20.5 Å². The van der Waals surface area contributed by atoms with Gasteiger partial charge in [0, 0.05) is 36.1 Å². The number of aromatic nitrogens is 3. The summed E-state index contributed by atoms with van der Waals surface area (Å²) in [7, 11) is 0. The average molecular weight is 413 g/mol. The van der Waals surface area contributed by atoms with Crippen molar-refractivity contribution in [2.75, 3.05) is 6.54 Å². The predicted octanol–water partition coefficient (Wildman–Crippen LogP) is 3.70. The van der Waals surface area contributed by atoms with Gasteiger partial charge in [0.05, 0.1) is 11.3 Å². The van der Waals surface area contributed by atoms with Crippen LogP contribution in [0.4, 0.5) is 0 Å². The Labute approximate surface area is 180 Å². The zero-order valence-corrected chi connectivity index (χ0v) is 16.9. The van der Waals surface area contributed by atoms with E-state index in [2.05, 4.69) is 32.6 Å². The van der Waals surface area contributed by atoms with Gasteiger partial charge >= 0.3 is 0 Å². The van der Waals surface area contributed by atoms with E-state index in [1.165, 1.54) is 11.8 Å². The lowest BCUT2D eigenvalue weighted by molar-refractivity contribution is 0.1000. The van der Waals surface area contributed by atoms with Crippen molar-refractivity contribution < 1.29 is 9.53 Å². The topological polar surface area (TPSA) is 106 Å². The van der Waals surface area contributed by atoms with Crippen molar-refractivity contribution in [3.63, 3.8) is 0 Å². The normalized spacial score (nSPS) is 10.7. The second kappa shape index (κ2) is 9.69. The molecule has 0 saturated carbocycles. The molecule has 0 atom stereocenters. The third-order valence-electron chi connectivity index (χ3n) is 4.84. The average Bonchev–Trinajstić information content (AvgIpc) is 3.27. The molecule has 0 saturated heterocycles. The number of hydrogen-bond acceptors (Lipinski definition) is 5. The number of H-pyrrole nitrogens is 1. The van der Waals surface area contributed by atoms with Gasteiger partial charge in [0.1, 0.15) is 5.75 Å². The third kappa shape index (κ3) is 5.34. The van der Waals surface area contributed by atoms with E-state index in [-0.39, 0.29) is 0 Å². The Morgan fingerprint density at radius 1 is 1.03 bits per heavy atom. The molecule has 2 aromatic heterocycles. The van der Waals surface area contributed by atoms with Crippen LogP contribution in [0.5, 0.6) is 11.6 Å². The number of amides is 1. The number of nitrogens with zero attached hydrogens (tertiary/aromatic N) is 2. The molecule has 0 aliphatic carbocycles. The van der Waals surface area contributed by atoms with E-state index in [0.717, 1.165) is 36.3 Å². The molecule has 0 unspecified atom stereocenters. The summed E-state index contributed by atoms with van der Waals surface area (Å²) in [4.78, 5) is 15.2. The van der Waals surface area contributed by atoms with Crippen molar-refractivity contribution in [1.29, 1.82) is 0 Å². The summed E-state index contributed by atoms with van der Waals surface area (Å²) in [5.41, 5.74) is 9.99. The molecule has 0 fully saturated rings. The highest BCUT2D eigenvalue weighted by atomic mass is 16.5. The first kappa shape index (κ1) is 20.3. The first-order valence-electron chi connectivity index (χ1n) is 10.0. The Morgan fingerprint density at radius 3 is 2.55 bits per heavy atom. The summed E-state index contributed by atoms with van der Waals surface area (Å²) in [6.45, 7) is 1.59. The minimum absolute atomic E-state index is 0.349. The third-order valence-corrected chi connectivity index (χ3v) is 4.84. The first-order valence-corrected chi connectivity index (χ1v) is 10.0. The van der Waals surface area contributed by atoms with E-state index in [4.69, 9.17) is 10.5 Å². The Balaban J connectivity index is 1.26. The highest BCUT2D eigenvalue weighted by molar-refractivity contribution is 5.92. The Morgan fingerprint density at radius 2 is 1.84 bits per heavy atom. The van der Waals surface area contributed by atoms with Crippen LogP contribution in [0, 0.1) is 0 Å². The Kier molecular flexibility index (Phi) is 6.35. The van der Waals surface area contributed by atoms with Crippen LogP contribution in [-0.4, -0.2) is 27.6 Å². The van der Waals surface area contributed by atoms with Crippen LogP contribution in [0.2, 0.25) is 0 Å². The van der Waals surface area contributed by atoms with E-state index in [1.807, 2.05) is 48.7 Å². The van der Waals surface area contributed by atoms with Gasteiger partial charge in [-0.25, -0.2) is 4.98 Å². The van der Waals surface area contributed by atoms with Gasteiger partial charge in [-0.2, -0.15) is 5.10 Å². The van der Waals surface area contributed by atoms with Crippen molar-refractivity contribution in [3.8, 4) is 22.9 Å². The van der Waals surface area contributed by atoms with Crippen LogP contribution in [-0.2, 0) is 13.0 Å². The number of rotatable bonds is 9. The summed E-state index contributed by atoms with van der Waals surface area (Å²) in [5.74, 6) is 0.580. The molecule has 31 heavy (non-hydrogen) atoms. The number of benzene rings is 2. The Bertz CT molecular complexity index is 1120. The standard InChI is InChI=1S/C24H23N5O2/c25-24(30)19-8-11-22(27-15-19)31-21-9-6-17(7-10-21)12-13-26-14-20-16-28-29-23(20)18-4-2-1-3-5-18/h1-11,15-16,26H,12-14H2,(H2,25,30)(H,28,29). The second-order valence-corrected chi connectivity index (χ2v) is 7.05. The van der Waals surface area contributed by atoms with Gasteiger partial charge in [-0.1, -0.05) is 42.5 Å². The van der Waals surface area contributed by atoms with Gasteiger partial charge in [-0.05, 0) is 36.7 Å². The number of carbonyl (C=O) groups excluding carboxylic acids is 1. The molecule has 4 N–H and O–H groups in total. The SMILES string of the molecule is NC(=O)c1ccc(Oc2ccc(CCNCc3c[nH]nc3-c3ccccc3)cc2)nc1. The fourth-order valence-corrected chi connectivity index (χ4v) is 3.18. The molecule has 2 aromatic carbocycles. The van der Waals surface area contributed by atoms with Crippen LogP contribution in [0.1, 0.15) is 21.5 Å². The van der Waals surface area contributed by atoms with Crippen molar-refractivity contribution >= 4 is 5.91 Å². The van der Waals surface area contributed by atoms with Crippen molar-refractivity contribution in [2.24, 2.45) is 5.73 Å². The molecule has 7 nitrogen and oxygen atoms in total. The molecule has 156 valence electrons. The maximum Gasteiger partial charge on any atom is 0.250 e.